The highest BCUT2D eigenvalue weighted by atomic mass is 32.2. The highest BCUT2D eigenvalue weighted by Gasteiger charge is 2.36. The van der Waals surface area contributed by atoms with Gasteiger partial charge in [0.15, 0.2) is 0 Å². The number of carbonyl (C=O) groups excluding carboxylic acids is 2. The number of amides is 2. The Morgan fingerprint density at radius 3 is 2.33 bits per heavy atom. The Balaban J connectivity index is 1.60. The highest BCUT2D eigenvalue weighted by molar-refractivity contribution is 7.92. The molecule has 2 aromatic carbocycles. The summed E-state index contributed by atoms with van der Waals surface area (Å²) in [5.41, 5.74) is 1.12. The molecule has 0 unspecified atom stereocenters. The predicted octanol–water partition coefficient (Wildman–Crippen LogP) is 3.55. The second-order valence-corrected chi connectivity index (χ2v) is 10.3. The number of hydrogen-bond acceptors (Lipinski definition) is 4. The third kappa shape index (κ3) is 5.03. The number of piperidine rings is 1. The van der Waals surface area contributed by atoms with Crippen LogP contribution in [-0.2, 0) is 14.8 Å². The molecule has 2 heterocycles. The monoisotopic (exact) mass is 473 g/mol. The molecule has 0 aliphatic carbocycles. The maximum atomic E-state index is 13.5. The number of halogens is 1. The number of likely N-dealkylation sites (tertiary alicyclic amines) is 2. The first-order chi connectivity index (χ1) is 15.8. The molecule has 2 aromatic rings. The molecule has 1 atom stereocenters. The standard InChI is InChI=1S/C24H28FN3O4S/c1-17-7-12-20(33(31,32)26-19-10-8-18(25)9-11-19)16-21(17)23(29)28-15-3-2-6-22(28)24(30)27-13-4-5-14-27/h7-12,16,22,26H,2-6,13-15H2,1H3/t22-/m0/s1. The molecular weight excluding hydrogens is 445 g/mol. The van der Waals surface area contributed by atoms with Crippen LogP contribution in [0.2, 0.25) is 0 Å². The number of anilines is 1. The zero-order valence-corrected chi connectivity index (χ0v) is 19.4. The Morgan fingerprint density at radius 1 is 0.970 bits per heavy atom. The van der Waals surface area contributed by atoms with E-state index in [1.165, 1.54) is 24.3 Å². The van der Waals surface area contributed by atoms with Crippen LogP contribution in [-0.4, -0.2) is 55.7 Å². The van der Waals surface area contributed by atoms with E-state index in [2.05, 4.69) is 4.72 Å². The van der Waals surface area contributed by atoms with E-state index in [-0.39, 0.29) is 28.0 Å². The lowest BCUT2D eigenvalue weighted by molar-refractivity contribution is -0.136. The molecule has 0 bridgehead atoms. The summed E-state index contributed by atoms with van der Waals surface area (Å²) in [5, 5.41) is 0. The molecular formula is C24H28FN3O4S. The van der Waals surface area contributed by atoms with Gasteiger partial charge in [0.25, 0.3) is 15.9 Å². The van der Waals surface area contributed by atoms with Gasteiger partial charge in [0.05, 0.1) is 4.90 Å². The van der Waals surface area contributed by atoms with Gasteiger partial charge in [-0.05, 0) is 81.0 Å². The van der Waals surface area contributed by atoms with E-state index in [0.29, 0.717) is 18.5 Å². The van der Waals surface area contributed by atoms with Crippen molar-refractivity contribution in [3.05, 3.63) is 59.4 Å². The molecule has 0 radical (unpaired) electrons. The fourth-order valence-electron chi connectivity index (χ4n) is 4.47. The summed E-state index contributed by atoms with van der Waals surface area (Å²) < 4.78 is 41.4. The van der Waals surface area contributed by atoms with E-state index in [0.717, 1.165) is 50.9 Å². The van der Waals surface area contributed by atoms with Crippen LogP contribution in [0.4, 0.5) is 10.1 Å². The predicted molar refractivity (Wildman–Crippen MR) is 123 cm³/mol. The summed E-state index contributed by atoms with van der Waals surface area (Å²) in [6.07, 6.45) is 4.25. The van der Waals surface area contributed by atoms with Crippen LogP contribution in [0.25, 0.3) is 0 Å². The number of hydrogen-bond donors (Lipinski definition) is 1. The minimum Gasteiger partial charge on any atom is -0.341 e. The summed E-state index contributed by atoms with van der Waals surface area (Å²) >= 11 is 0. The average Bonchev–Trinajstić information content (AvgIpc) is 3.35. The fraction of sp³-hybridized carbons (Fsp3) is 0.417. The molecule has 2 aliphatic heterocycles. The average molecular weight is 474 g/mol. The molecule has 176 valence electrons. The van der Waals surface area contributed by atoms with Crippen LogP contribution in [0.15, 0.2) is 47.4 Å². The number of benzene rings is 2. The Hall–Kier alpha value is -2.94. The summed E-state index contributed by atoms with van der Waals surface area (Å²) in [4.78, 5) is 30.0. The van der Waals surface area contributed by atoms with Crippen molar-refractivity contribution in [2.75, 3.05) is 24.4 Å². The Morgan fingerprint density at radius 2 is 1.64 bits per heavy atom. The van der Waals surface area contributed by atoms with E-state index in [9.17, 15) is 22.4 Å². The van der Waals surface area contributed by atoms with Crippen molar-refractivity contribution >= 4 is 27.5 Å². The van der Waals surface area contributed by atoms with Gasteiger partial charge in [-0.15, -0.1) is 0 Å². The Bertz CT molecular complexity index is 1140. The lowest BCUT2D eigenvalue weighted by Gasteiger charge is -2.37. The molecule has 0 spiro atoms. The molecule has 2 fully saturated rings. The summed E-state index contributed by atoms with van der Waals surface area (Å²) in [6, 6.07) is 8.85. The van der Waals surface area contributed by atoms with Crippen molar-refractivity contribution in [3.63, 3.8) is 0 Å². The van der Waals surface area contributed by atoms with Crippen LogP contribution in [0.5, 0.6) is 0 Å². The maximum Gasteiger partial charge on any atom is 0.261 e. The van der Waals surface area contributed by atoms with Gasteiger partial charge in [-0.3, -0.25) is 14.3 Å². The fourth-order valence-corrected chi connectivity index (χ4v) is 5.55. The van der Waals surface area contributed by atoms with Crippen LogP contribution < -0.4 is 4.72 Å². The van der Waals surface area contributed by atoms with Gasteiger partial charge < -0.3 is 9.80 Å². The number of aryl methyl sites for hydroxylation is 1. The summed E-state index contributed by atoms with van der Waals surface area (Å²) in [5.74, 6) is -0.815. The largest absolute Gasteiger partial charge is 0.341 e. The molecule has 0 saturated carbocycles. The van der Waals surface area contributed by atoms with E-state index < -0.39 is 21.9 Å². The molecule has 1 N–H and O–H groups in total. The van der Waals surface area contributed by atoms with Crippen LogP contribution in [0.1, 0.15) is 48.0 Å². The molecule has 33 heavy (non-hydrogen) atoms. The summed E-state index contributed by atoms with van der Waals surface area (Å²) in [6.45, 7) is 3.66. The van der Waals surface area contributed by atoms with Gasteiger partial charge in [-0.25, -0.2) is 12.8 Å². The zero-order chi connectivity index (χ0) is 23.6. The Labute approximate surface area is 193 Å². The zero-order valence-electron chi connectivity index (χ0n) is 18.6. The summed E-state index contributed by atoms with van der Waals surface area (Å²) in [7, 11) is -3.99. The second kappa shape index (κ2) is 9.51. The van der Waals surface area contributed by atoms with Gasteiger partial charge in [0.1, 0.15) is 11.9 Å². The quantitative estimate of drug-likeness (QED) is 0.720. The topological polar surface area (TPSA) is 86.8 Å². The van der Waals surface area contributed by atoms with E-state index >= 15 is 0 Å². The van der Waals surface area contributed by atoms with Gasteiger partial charge in [-0.1, -0.05) is 6.07 Å². The molecule has 2 saturated heterocycles. The number of sulfonamides is 1. The molecule has 0 aromatic heterocycles. The molecule has 2 amide bonds. The van der Waals surface area contributed by atoms with Crippen molar-refractivity contribution in [2.45, 2.75) is 50.0 Å². The first-order valence-corrected chi connectivity index (χ1v) is 12.7. The minimum absolute atomic E-state index is 0.0139. The van der Waals surface area contributed by atoms with Crippen LogP contribution >= 0.6 is 0 Å². The van der Waals surface area contributed by atoms with Crippen molar-refractivity contribution in [3.8, 4) is 0 Å². The normalized spacial score (nSPS) is 18.9. The molecule has 2 aliphatic rings. The third-order valence-corrected chi connectivity index (χ3v) is 7.69. The van der Waals surface area contributed by atoms with Crippen molar-refractivity contribution in [2.24, 2.45) is 0 Å². The first-order valence-electron chi connectivity index (χ1n) is 11.2. The molecule has 9 heteroatoms. The van der Waals surface area contributed by atoms with Crippen molar-refractivity contribution in [1.82, 2.24) is 9.80 Å². The molecule has 4 rings (SSSR count). The highest BCUT2D eigenvalue weighted by Crippen LogP contribution is 2.26. The van der Waals surface area contributed by atoms with Gasteiger partial charge in [-0.2, -0.15) is 0 Å². The number of carbonyl (C=O) groups is 2. The van der Waals surface area contributed by atoms with Crippen molar-refractivity contribution < 1.29 is 22.4 Å². The van der Waals surface area contributed by atoms with Gasteiger partial charge >= 0.3 is 0 Å². The maximum absolute atomic E-state index is 13.5. The van der Waals surface area contributed by atoms with Crippen LogP contribution in [0.3, 0.4) is 0 Å². The minimum atomic E-state index is -3.99. The number of nitrogens with one attached hydrogen (secondary N) is 1. The van der Waals surface area contributed by atoms with E-state index in [1.807, 2.05) is 4.90 Å². The lowest BCUT2D eigenvalue weighted by Crippen LogP contribution is -2.52. The Kier molecular flexibility index (Phi) is 6.69. The van der Waals surface area contributed by atoms with E-state index in [1.54, 1.807) is 17.9 Å². The second-order valence-electron chi connectivity index (χ2n) is 8.63. The number of rotatable bonds is 5. The van der Waals surface area contributed by atoms with Gasteiger partial charge in [0, 0.05) is 30.9 Å². The third-order valence-electron chi connectivity index (χ3n) is 6.31. The first kappa shape index (κ1) is 23.2. The smallest absolute Gasteiger partial charge is 0.261 e. The number of nitrogens with zero attached hydrogens (tertiary/aromatic N) is 2. The van der Waals surface area contributed by atoms with Crippen LogP contribution in [0, 0.1) is 12.7 Å². The SMILES string of the molecule is Cc1ccc(S(=O)(=O)Nc2ccc(F)cc2)cc1C(=O)N1CCCC[C@H]1C(=O)N1CCCC1. The van der Waals surface area contributed by atoms with Gasteiger partial charge in [0.2, 0.25) is 5.91 Å². The molecule has 7 nitrogen and oxygen atoms in total. The van der Waals surface area contributed by atoms with Crippen molar-refractivity contribution in [1.29, 1.82) is 0 Å². The lowest BCUT2D eigenvalue weighted by atomic mass is 9.98. The van der Waals surface area contributed by atoms with E-state index in [4.69, 9.17) is 0 Å².